The Labute approximate surface area is 134 Å². The summed E-state index contributed by atoms with van der Waals surface area (Å²) >= 11 is 0. The molecule has 0 aliphatic rings. The summed E-state index contributed by atoms with van der Waals surface area (Å²) in [4.78, 5) is 8.37. The Bertz CT molecular complexity index is 480. The standard InChI is InChI=1S/C17H30N4O/c1-13-11-19-9-7-14(13)8-10-20-16(18-5)21-12-15(22-6)17(2,3)4/h7,9,11,15H,8,10,12H2,1-6H3,(H2,18,20,21). The molecular formula is C17H30N4O. The third kappa shape index (κ3) is 6.02. The van der Waals surface area contributed by atoms with Crippen molar-refractivity contribution in [2.24, 2.45) is 10.4 Å². The lowest BCUT2D eigenvalue weighted by Gasteiger charge is -2.30. The van der Waals surface area contributed by atoms with Crippen LogP contribution in [0, 0.1) is 12.3 Å². The zero-order valence-corrected chi connectivity index (χ0v) is 14.7. The van der Waals surface area contributed by atoms with Gasteiger partial charge in [-0.1, -0.05) is 20.8 Å². The predicted molar refractivity (Wildman–Crippen MR) is 92.3 cm³/mol. The Hall–Kier alpha value is -1.62. The first-order valence-corrected chi connectivity index (χ1v) is 7.75. The van der Waals surface area contributed by atoms with Crippen LogP contribution in [0.15, 0.2) is 23.5 Å². The molecule has 1 rings (SSSR count). The van der Waals surface area contributed by atoms with E-state index in [4.69, 9.17) is 4.74 Å². The lowest BCUT2D eigenvalue weighted by atomic mass is 9.89. The van der Waals surface area contributed by atoms with Gasteiger partial charge < -0.3 is 15.4 Å². The van der Waals surface area contributed by atoms with Crippen molar-refractivity contribution in [1.29, 1.82) is 0 Å². The summed E-state index contributed by atoms with van der Waals surface area (Å²) < 4.78 is 5.55. The van der Waals surface area contributed by atoms with E-state index in [2.05, 4.69) is 54.4 Å². The average molecular weight is 306 g/mol. The van der Waals surface area contributed by atoms with E-state index in [1.54, 1.807) is 14.2 Å². The van der Waals surface area contributed by atoms with Crippen molar-refractivity contribution in [3.8, 4) is 0 Å². The highest BCUT2D eigenvalue weighted by molar-refractivity contribution is 5.79. The molecule has 0 aromatic carbocycles. The van der Waals surface area contributed by atoms with Crippen molar-refractivity contribution in [3.63, 3.8) is 0 Å². The van der Waals surface area contributed by atoms with E-state index in [0.29, 0.717) is 0 Å². The molecule has 5 nitrogen and oxygen atoms in total. The van der Waals surface area contributed by atoms with Crippen molar-refractivity contribution in [2.45, 2.75) is 40.2 Å². The number of rotatable bonds is 6. The number of aryl methyl sites for hydroxylation is 1. The molecule has 0 amide bonds. The molecule has 2 N–H and O–H groups in total. The van der Waals surface area contributed by atoms with E-state index in [1.165, 1.54) is 11.1 Å². The van der Waals surface area contributed by atoms with Gasteiger partial charge in [0.05, 0.1) is 6.10 Å². The third-order valence-electron chi connectivity index (χ3n) is 3.75. The summed E-state index contributed by atoms with van der Waals surface area (Å²) in [7, 11) is 3.53. The minimum absolute atomic E-state index is 0.0920. The van der Waals surface area contributed by atoms with Crippen LogP contribution in [0.3, 0.4) is 0 Å². The highest BCUT2D eigenvalue weighted by Crippen LogP contribution is 2.20. The number of aliphatic imine (C=N–C) groups is 1. The van der Waals surface area contributed by atoms with E-state index >= 15 is 0 Å². The van der Waals surface area contributed by atoms with Crippen LogP contribution in [0.4, 0.5) is 0 Å². The Morgan fingerprint density at radius 3 is 2.64 bits per heavy atom. The molecule has 0 bridgehead atoms. The van der Waals surface area contributed by atoms with Gasteiger partial charge in [0.1, 0.15) is 0 Å². The Morgan fingerprint density at radius 2 is 2.09 bits per heavy atom. The SMILES string of the molecule is CN=C(NCCc1ccncc1C)NCC(OC)C(C)(C)C. The lowest BCUT2D eigenvalue weighted by molar-refractivity contribution is 0.0205. The largest absolute Gasteiger partial charge is 0.379 e. The Morgan fingerprint density at radius 1 is 1.36 bits per heavy atom. The number of hydrogen-bond acceptors (Lipinski definition) is 3. The molecule has 0 spiro atoms. The first-order valence-electron chi connectivity index (χ1n) is 7.75. The normalized spacial score (nSPS) is 13.8. The van der Waals surface area contributed by atoms with Crippen molar-refractivity contribution < 1.29 is 4.74 Å². The van der Waals surface area contributed by atoms with Crippen LogP contribution in [0.25, 0.3) is 0 Å². The molecule has 1 heterocycles. The topological polar surface area (TPSA) is 58.5 Å². The number of methoxy groups -OCH3 is 1. The van der Waals surface area contributed by atoms with Crippen LogP contribution in [-0.4, -0.2) is 44.3 Å². The smallest absolute Gasteiger partial charge is 0.191 e. The summed E-state index contributed by atoms with van der Waals surface area (Å²) in [5.41, 5.74) is 2.62. The van der Waals surface area contributed by atoms with Gasteiger partial charge in [-0.15, -0.1) is 0 Å². The van der Waals surface area contributed by atoms with Gasteiger partial charge in [-0.25, -0.2) is 0 Å². The van der Waals surface area contributed by atoms with Crippen LogP contribution in [0.2, 0.25) is 0 Å². The van der Waals surface area contributed by atoms with Crippen molar-refractivity contribution >= 4 is 5.96 Å². The maximum atomic E-state index is 5.55. The number of hydrogen-bond donors (Lipinski definition) is 2. The molecule has 0 radical (unpaired) electrons. The molecule has 22 heavy (non-hydrogen) atoms. The highest BCUT2D eigenvalue weighted by atomic mass is 16.5. The molecular weight excluding hydrogens is 276 g/mol. The number of guanidine groups is 1. The molecule has 0 saturated heterocycles. The van der Waals surface area contributed by atoms with Crippen LogP contribution in [-0.2, 0) is 11.2 Å². The number of nitrogens with one attached hydrogen (secondary N) is 2. The molecule has 1 unspecified atom stereocenters. The molecule has 0 aliphatic heterocycles. The van der Waals surface area contributed by atoms with Gasteiger partial charge in [0.2, 0.25) is 0 Å². The van der Waals surface area contributed by atoms with Crippen molar-refractivity contribution in [1.82, 2.24) is 15.6 Å². The van der Waals surface area contributed by atoms with E-state index in [-0.39, 0.29) is 11.5 Å². The van der Waals surface area contributed by atoms with Gasteiger partial charge >= 0.3 is 0 Å². The fourth-order valence-corrected chi connectivity index (χ4v) is 2.25. The lowest BCUT2D eigenvalue weighted by Crippen LogP contribution is -2.45. The molecule has 0 fully saturated rings. The molecule has 0 aliphatic carbocycles. The summed E-state index contributed by atoms with van der Waals surface area (Å²) in [6.07, 6.45) is 4.81. The third-order valence-corrected chi connectivity index (χ3v) is 3.75. The first-order chi connectivity index (χ1) is 10.4. The molecule has 0 saturated carbocycles. The number of ether oxygens (including phenoxy) is 1. The summed E-state index contributed by atoms with van der Waals surface area (Å²) in [5, 5.41) is 6.67. The molecule has 1 aromatic heterocycles. The van der Waals surface area contributed by atoms with Crippen LogP contribution < -0.4 is 10.6 Å². The summed E-state index contributed by atoms with van der Waals surface area (Å²) in [5.74, 6) is 0.804. The van der Waals surface area contributed by atoms with Gasteiger partial charge in [0.15, 0.2) is 5.96 Å². The first kappa shape index (κ1) is 18.4. The minimum atomic E-state index is 0.0920. The van der Waals surface area contributed by atoms with Crippen molar-refractivity contribution in [3.05, 3.63) is 29.6 Å². The summed E-state index contributed by atoms with van der Waals surface area (Å²) in [6, 6.07) is 2.06. The number of aromatic nitrogens is 1. The van der Waals surface area contributed by atoms with Gasteiger partial charge in [-0.2, -0.15) is 0 Å². The molecule has 124 valence electrons. The van der Waals surface area contributed by atoms with E-state index < -0.39 is 0 Å². The van der Waals surface area contributed by atoms with Crippen LogP contribution in [0.1, 0.15) is 31.9 Å². The van der Waals surface area contributed by atoms with Crippen molar-refractivity contribution in [2.75, 3.05) is 27.2 Å². The van der Waals surface area contributed by atoms with Gasteiger partial charge in [0.25, 0.3) is 0 Å². The second-order valence-electron chi connectivity index (χ2n) is 6.52. The van der Waals surface area contributed by atoms with E-state index in [0.717, 1.165) is 25.5 Å². The zero-order valence-electron chi connectivity index (χ0n) is 14.7. The van der Waals surface area contributed by atoms with Crippen LogP contribution >= 0.6 is 0 Å². The Balaban J connectivity index is 2.42. The highest BCUT2D eigenvalue weighted by Gasteiger charge is 2.24. The number of nitrogens with zero attached hydrogens (tertiary/aromatic N) is 2. The quantitative estimate of drug-likeness (QED) is 0.624. The van der Waals surface area contributed by atoms with Crippen LogP contribution in [0.5, 0.6) is 0 Å². The monoisotopic (exact) mass is 306 g/mol. The average Bonchev–Trinajstić information content (AvgIpc) is 2.46. The number of pyridine rings is 1. The zero-order chi connectivity index (χ0) is 16.6. The van der Waals surface area contributed by atoms with E-state index in [1.807, 2.05) is 12.4 Å². The molecule has 1 atom stereocenters. The molecule has 5 heteroatoms. The predicted octanol–water partition coefficient (Wildman–Crippen LogP) is 2.16. The van der Waals surface area contributed by atoms with Gasteiger partial charge in [-0.05, 0) is 36.0 Å². The van der Waals surface area contributed by atoms with Gasteiger partial charge in [0, 0.05) is 39.6 Å². The maximum Gasteiger partial charge on any atom is 0.191 e. The Kier molecular flexibility index (Phi) is 7.32. The summed E-state index contributed by atoms with van der Waals surface area (Å²) in [6.45, 7) is 10.2. The second kappa shape index (κ2) is 8.73. The minimum Gasteiger partial charge on any atom is -0.379 e. The molecule has 1 aromatic rings. The maximum absolute atomic E-state index is 5.55. The fourth-order valence-electron chi connectivity index (χ4n) is 2.25. The second-order valence-corrected chi connectivity index (χ2v) is 6.52. The van der Waals surface area contributed by atoms with E-state index in [9.17, 15) is 0 Å². The van der Waals surface area contributed by atoms with Gasteiger partial charge in [-0.3, -0.25) is 9.98 Å². The fraction of sp³-hybridized carbons (Fsp3) is 0.647.